The lowest BCUT2D eigenvalue weighted by molar-refractivity contribution is -0.122. The summed E-state index contributed by atoms with van der Waals surface area (Å²) >= 11 is 15.2. The molecule has 0 aromatic heterocycles. The number of anilines is 1. The van der Waals surface area contributed by atoms with E-state index in [1.54, 1.807) is 36.4 Å². The molecule has 1 fully saturated rings. The van der Waals surface area contributed by atoms with Crippen molar-refractivity contribution in [1.82, 2.24) is 5.32 Å². The molecular weight excluding hydrogens is 552 g/mol. The zero-order chi connectivity index (χ0) is 24.9. The molecule has 4 rings (SSSR count). The molecule has 1 aliphatic heterocycles. The third kappa shape index (κ3) is 5.73. The Bertz CT molecular complexity index is 1310. The highest BCUT2D eigenvalue weighted by Crippen LogP contribution is 2.38. The molecule has 1 saturated heterocycles. The van der Waals surface area contributed by atoms with E-state index in [0.717, 1.165) is 10.0 Å². The predicted molar refractivity (Wildman–Crippen MR) is 144 cm³/mol. The summed E-state index contributed by atoms with van der Waals surface area (Å²) in [6, 6.07) is 19.9. The summed E-state index contributed by atoms with van der Waals surface area (Å²) in [5.74, 6) is -0.334. The molecule has 9 heteroatoms. The molecule has 0 aliphatic carbocycles. The molecule has 1 heterocycles. The fourth-order valence-electron chi connectivity index (χ4n) is 3.45. The monoisotopic (exact) mass is 570 g/mol. The molecule has 0 saturated carbocycles. The molecule has 1 N–H and O–H groups in total. The van der Waals surface area contributed by atoms with Gasteiger partial charge in [0.2, 0.25) is 0 Å². The topological polar surface area (TPSA) is 67.9 Å². The number of para-hydroxylation sites is 1. The van der Waals surface area contributed by atoms with E-state index < -0.39 is 11.8 Å². The van der Waals surface area contributed by atoms with E-state index in [4.69, 9.17) is 33.3 Å². The van der Waals surface area contributed by atoms with Crippen LogP contribution in [0.4, 0.5) is 5.69 Å². The zero-order valence-electron chi connectivity index (χ0n) is 18.6. The van der Waals surface area contributed by atoms with Crippen molar-refractivity contribution < 1.29 is 19.1 Å². The van der Waals surface area contributed by atoms with Crippen molar-refractivity contribution >= 4 is 68.4 Å². The number of carbonyl (C=O) groups excluding carboxylic acids is 2. The Morgan fingerprint density at radius 2 is 1.77 bits per heavy atom. The summed E-state index contributed by atoms with van der Waals surface area (Å²) in [5, 5.41) is 2.89. The first-order valence-electron chi connectivity index (χ1n) is 10.7. The van der Waals surface area contributed by atoms with E-state index in [9.17, 15) is 9.59 Å². The van der Waals surface area contributed by atoms with Crippen molar-refractivity contribution in [1.29, 1.82) is 0 Å². The van der Waals surface area contributed by atoms with Crippen LogP contribution in [0.5, 0.6) is 11.5 Å². The fraction of sp³-hybridized carbons (Fsp3) is 0.115. The predicted octanol–water partition coefficient (Wildman–Crippen LogP) is 5.91. The van der Waals surface area contributed by atoms with Gasteiger partial charge >= 0.3 is 0 Å². The van der Waals surface area contributed by atoms with Crippen LogP contribution >= 0.6 is 39.7 Å². The lowest BCUT2D eigenvalue weighted by Gasteiger charge is -2.28. The van der Waals surface area contributed by atoms with Gasteiger partial charge in [-0.2, -0.15) is 0 Å². The van der Waals surface area contributed by atoms with Gasteiger partial charge in [0.05, 0.1) is 17.3 Å². The van der Waals surface area contributed by atoms with Gasteiger partial charge < -0.3 is 9.47 Å². The van der Waals surface area contributed by atoms with Crippen molar-refractivity contribution in [3.8, 4) is 11.5 Å². The van der Waals surface area contributed by atoms with Crippen molar-refractivity contribution in [3.63, 3.8) is 0 Å². The molecular formula is C26H20BrClN2O4S. The quantitative estimate of drug-likeness (QED) is 0.217. The summed E-state index contributed by atoms with van der Waals surface area (Å²) in [6.45, 7) is 2.51. The first-order chi connectivity index (χ1) is 16.9. The maximum Gasteiger partial charge on any atom is 0.270 e. The van der Waals surface area contributed by atoms with Crippen molar-refractivity contribution in [2.24, 2.45) is 0 Å². The van der Waals surface area contributed by atoms with Gasteiger partial charge in [0.25, 0.3) is 11.8 Å². The fourth-order valence-corrected chi connectivity index (χ4v) is 4.27. The van der Waals surface area contributed by atoms with Crippen LogP contribution in [0.1, 0.15) is 18.1 Å². The zero-order valence-corrected chi connectivity index (χ0v) is 21.7. The Balaban J connectivity index is 1.65. The number of thiocarbonyl (C=S) groups is 1. The average molecular weight is 572 g/mol. The summed E-state index contributed by atoms with van der Waals surface area (Å²) in [4.78, 5) is 27.1. The second kappa shape index (κ2) is 11.0. The summed E-state index contributed by atoms with van der Waals surface area (Å²) in [5.41, 5.74) is 1.94. The van der Waals surface area contributed by atoms with Crippen LogP contribution in [0.25, 0.3) is 6.08 Å². The van der Waals surface area contributed by atoms with Crippen LogP contribution in [0.15, 0.2) is 76.8 Å². The molecule has 6 nitrogen and oxygen atoms in total. The van der Waals surface area contributed by atoms with Crippen molar-refractivity contribution in [2.45, 2.75) is 13.5 Å². The molecule has 178 valence electrons. The molecule has 0 unspecified atom stereocenters. The molecule has 3 aromatic carbocycles. The maximum absolute atomic E-state index is 13.2. The molecule has 0 radical (unpaired) electrons. The highest BCUT2D eigenvalue weighted by Gasteiger charge is 2.34. The second-order valence-electron chi connectivity index (χ2n) is 7.47. The lowest BCUT2D eigenvalue weighted by atomic mass is 10.1. The number of nitrogens with zero attached hydrogens (tertiary/aromatic N) is 1. The van der Waals surface area contributed by atoms with Gasteiger partial charge in [-0.25, -0.2) is 0 Å². The third-order valence-electron chi connectivity index (χ3n) is 5.06. The van der Waals surface area contributed by atoms with E-state index >= 15 is 0 Å². The minimum atomic E-state index is -0.586. The van der Waals surface area contributed by atoms with Gasteiger partial charge in [-0.1, -0.05) is 57.9 Å². The normalized spacial score (nSPS) is 14.8. The minimum absolute atomic E-state index is 0.0214. The van der Waals surface area contributed by atoms with Gasteiger partial charge in [-0.05, 0) is 72.7 Å². The molecule has 2 amide bonds. The van der Waals surface area contributed by atoms with E-state index in [2.05, 4.69) is 21.2 Å². The summed E-state index contributed by atoms with van der Waals surface area (Å²) in [7, 11) is 0. The number of amides is 2. The Labute approximate surface area is 221 Å². The van der Waals surface area contributed by atoms with Crippen LogP contribution in [0.3, 0.4) is 0 Å². The van der Waals surface area contributed by atoms with Gasteiger partial charge in [-0.15, -0.1) is 0 Å². The van der Waals surface area contributed by atoms with E-state index in [1.165, 1.54) is 11.0 Å². The first kappa shape index (κ1) is 24.9. The standard InChI is InChI=1S/C26H20BrClN2O4S/c1-2-33-22-14-17(13-21(28)23(22)34-15-16-8-10-18(27)11-9-16)12-20-24(31)29-26(35)30(25(20)32)19-6-4-3-5-7-19/h3-14H,2,15H2,1H3,(H,29,31,35)/b20-12-. The number of ether oxygens (including phenoxy) is 2. The smallest absolute Gasteiger partial charge is 0.270 e. The Morgan fingerprint density at radius 3 is 2.46 bits per heavy atom. The van der Waals surface area contributed by atoms with E-state index in [1.807, 2.05) is 37.3 Å². The van der Waals surface area contributed by atoms with Gasteiger partial charge in [0.15, 0.2) is 16.6 Å². The third-order valence-corrected chi connectivity index (χ3v) is 6.15. The summed E-state index contributed by atoms with van der Waals surface area (Å²) < 4.78 is 12.7. The molecule has 3 aromatic rings. The van der Waals surface area contributed by atoms with Gasteiger partial charge in [-0.3, -0.25) is 19.8 Å². The van der Waals surface area contributed by atoms with Crippen LogP contribution in [-0.2, 0) is 16.2 Å². The molecule has 0 bridgehead atoms. The average Bonchev–Trinajstić information content (AvgIpc) is 2.83. The largest absolute Gasteiger partial charge is 0.490 e. The highest BCUT2D eigenvalue weighted by molar-refractivity contribution is 9.10. The van der Waals surface area contributed by atoms with Crippen LogP contribution in [0, 0.1) is 0 Å². The number of hydrogen-bond acceptors (Lipinski definition) is 5. The maximum atomic E-state index is 13.2. The van der Waals surface area contributed by atoms with Gasteiger partial charge in [0.1, 0.15) is 12.2 Å². The highest BCUT2D eigenvalue weighted by atomic mass is 79.9. The van der Waals surface area contributed by atoms with Crippen LogP contribution in [0.2, 0.25) is 5.02 Å². The van der Waals surface area contributed by atoms with Crippen molar-refractivity contribution in [2.75, 3.05) is 11.5 Å². The van der Waals surface area contributed by atoms with Crippen molar-refractivity contribution in [3.05, 3.63) is 92.9 Å². The molecule has 1 aliphatic rings. The number of halogens is 2. The van der Waals surface area contributed by atoms with Gasteiger partial charge in [0, 0.05) is 4.47 Å². The summed E-state index contributed by atoms with van der Waals surface area (Å²) in [6.07, 6.45) is 1.46. The Hall–Kier alpha value is -3.20. The SMILES string of the molecule is CCOc1cc(/C=C2/C(=O)NC(=S)N(c3ccccc3)C2=O)cc(Cl)c1OCc1ccc(Br)cc1. The van der Waals surface area contributed by atoms with E-state index in [-0.39, 0.29) is 17.3 Å². The Morgan fingerprint density at radius 1 is 1.06 bits per heavy atom. The van der Waals surface area contributed by atoms with Crippen LogP contribution in [-0.4, -0.2) is 23.5 Å². The number of carbonyl (C=O) groups is 2. The second-order valence-corrected chi connectivity index (χ2v) is 9.18. The minimum Gasteiger partial charge on any atom is -0.490 e. The number of benzene rings is 3. The first-order valence-corrected chi connectivity index (χ1v) is 12.3. The lowest BCUT2D eigenvalue weighted by Crippen LogP contribution is -2.54. The number of rotatable bonds is 7. The van der Waals surface area contributed by atoms with Crippen LogP contribution < -0.4 is 19.7 Å². The molecule has 0 atom stereocenters. The Kier molecular flexibility index (Phi) is 7.85. The number of hydrogen-bond donors (Lipinski definition) is 1. The number of nitrogens with one attached hydrogen (secondary N) is 1. The van der Waals surface area contributed by atoms with E-state index in [0.29, 0.717) is 34.4 Å². The molecule has 35 heavy (non-hydrogen) atoms. The molecule has 0 spiro atoms.